The molecule has 0 bridgehead atoms. The van der Waals surface area contributed by atoms with E-state index in [4.69, 9.17) is 0 Å². The van der Waals surface area contributed by atoms with Crippen LogP contribution in [0.5, 0.6) is 0 Å². The maximum Gasteiger partial charge on any atom is 0.0723 e. The van der Waals surface area contributed by atoms with Crippen LogP contribution in [0.4, 0.5) is 0 Å². The highest BCUT2D eigenvalue weighted by atomic mass is 14.7. The van der Waals surface area contributed by atoms with E-state index in [0.717, 1.165) is 33.7 Å². The molecule has 0 amide bonds. The van der Waals surface area contributed by atoms with E-state index in [0.29, 0.717) is 0 Å². The summed E-state index contributed by atoms with van der Waals surface area (Å²) in [6, 6.07) is 10.0. The highest BCUT2D eigenvalue weighted by Crippen LogP contribution is 2.31. The molecule has 0 saturated heterocycles. The van der Waals surface area contributed by atoms with Crippen LogP contribution in [-0.4, -0.2) is 15.0 Å². The molecule has 3 heteroatoms. The van der Waals surface area contributed by atoms with Crippen molar-refractivity contribution in [1.82, 2.24) is 15.0 Å². The number of aromatic amines is 1. The topological polar surface area (TPSA) is 41.6 Å². The van der Waals surface area contributed by atoms with Crippen molar-refractivity contribution in [2.24, 2.45) is 0 Å². The van der Waals surface area contributed by atoms with Crippen LogP contribution in [0.3, 0.4) is 0 Å². The molecule has 0 unspecified atom stereocenters. The molecular weight excluding hydrogens is 294 g/mol. The van der Waals surface area contributed by atoms with Crippen molar-refractivity contribution in [3.05, 3.63) is 91.7 Å². The minimum absolute atomic E-state index is 0.932. The van der Waals surface area contributed by atoms with Gasteiger partial charge in [-0.1, -0.05) is 36.9 Å². The lowest BCUT2D eigenvalue weighted by Crippen LogP contribution is -1.89. The zero-order valence-electron chi connectivity index (χ0n) is 13.6. The summed E-state index contributed by atoms with van der Waals surface area (Å²) in [7, 11) is 0. The van der Waals surface area contributed by atoms with Crippen molar-refractivity contribution in [1.29, 1.82) is 0 Å². The second-order valence-corrected chi connectivity index (χ2v) is 5.27. The summed E-state index contributed by atoms with van der Waals surface area (Å²) in [5.41, 5.74) is 6.24. The molecule has 0 aromatic carbocycles. The van der Waals surface area contributed by atoms with Crippen molar-refractivity contribution >= 4 is 5.57 Å². The third kappa shape index (κ3) is 3.25. The van der Waals surface area contributed by atoms with Crippen LogP contribution in [0, 0.1) is 0 Å². The Kier molecular flexibility index (Phi) is 4.82. The molecule has 0 atom stereocenters. The maximum absolute atomic E-state index is 4.50. The number of H-pyrrole nitrogens is 1. The molecule has 118 valence electrons. The molecule has 0 radical (unpaired) electrons. The summed E-state index contributed by atoms with van der Waals surface area (Å²) >= 11 is 0. The van der Waals surface area contributed by atoms with Crippen molar-refractivity contribution in [2.45, 2.75) is 6.92 Å². The summed E-state index contributed by atoms with van der Waals surface area (Å²) in [5.74, 6) is 0. The van der Waals surface area contributed by atoms with Crippen LogP contribution in [0.1, 0.15) is 12.6 Å². The summed E-state index contributed by atoms with van der Waals surface area (Å²) < 4.78 is 0. The van der Waals surface area contributed by atoms with Gasteiger partial charge in [0.2, 0.25) is 0 Å². The Bertz CT molecular complexity index is 886. The Hall–Kier alpha value is -3.20. The van der Waals surface area contributed by atoms with Gasteiger partial charge in [0.15, 0.2) is 0 Å². The van der Waals surface area contributed by atoms with E-state index >= 15 is 0 Å². The van der Waals surface area contributed by atoms with E-state index in [1.807, 2.05) is 74.2 Å². The molecular formula is C21H19N3. The highest BCUT2D eigenvalue weighted by molar-refractivity contribution is 5.83. The first-order valence-electron chi connectivity index (χ1n) is 7.84. The first-order valence-corrected chi connectivity index (χ1v) is 7.84. The first-order chi connectivity index (χ1) is 11.8. The Labute approximate surface area is 142 Å². The minimum atomic E-state index is 0.932. The fourth-order valence-electron chi connectivity index (χ4n) is 2.59. The molecule has 0 aliphatic rings. The number of aromatic nitrogens is 3. The lowest BCUT2D eigenvalue weighted by molar-refractivity contribution is 1.28. The average molecular weight is 313 g/mol. The normalized spacial score (nSPS) is 11.8. The van der Waals surface area contributed by atoms with E-state index in [1.54, 1.807) is 6.08 Å². The van der Waals surface area contributed by atoms with Gasteiger partial charge in [-0.2, -0.15) is 0 Å². The average Bonchev–Trinajstić information content (AvgIpc) is 3.13. The molecule has 3 aromatic heterocycles. The zero-order valence-corrected chi connectivity index (χ0v) is 13.6. The predicted molar refractivity (Wildman–Crippen MR) is 100 cm³/mol. The van der Waals surface area contributed by atoms with Crippen molar-refractivity contribution in [3.8, 4) is 22.4 Å². The Morgan fingerprint density at radius 3 is 2.71 bits per heavy atom. The number of nitrogens with zero attached hydrogens (tertiary/aromatic N) is 2. The monoisotopic (exact) mass is 313 g/mol. The molecule has 3 rings (SSSR count). The molecule has 0 spiro atoms. The number of hydrogen-bond donors (Lipinski definition) is 1. The van der Waals surface area contributed by atoms with Gasteiger partial charge in [0.1, 0.15) is 0 Å². The second-order valence-electron chi connectivity index (χ2n) is 5.27. The number of rotatable bonds is 5. The summed E-state index contributed by atoms with van der Waals surface area (Å²) in [4.78, 5) is 12.1. The van der Waals surface area contributed by atoms with Gasteiger partial charge in [0, 0.05) is 35.9 Å². The van der Waals surface area contributed by atoms with E-state index < -0.39 is 0 Å². The van der Waals surface area contributed by atoms with Crippen LogP contribution in [-0.2, 0) is 0 Å². The van der Waals surface area contributed by atoms with Crippen LogP contribution in [0.2, 0.25) is 0 Å². The number of hydrogen-bond acceptors (Lipinski definition) is 2. The second kappa shape index (κ2) is 7.38. The predicted octanol–water partition coefficient (Wildman–Crippen LogP) is 5.28. The molecule has 3 heterocycles. The third-order valence-electron chi connectivity index (χ3n) is 3.78. The van der Waals surface area contributed by atoms with E-state index in [1.165, 1.54) is 0 Å². The van der Waals surface area contributed by atoms with Gasteiger partial charge >= 0.3 is 0 Å². The maximum atomic E-state index is 4.50. The SMILES string of the molecule is C=C/C=C\C(=C/C)c1cc(-c2c[nH]cc2-c2ccccn2)ccn1. The molecule has 1 N–H and O–H groups in total. The molecule has 3 nitrogen and oxygen atoms in total. The standard InChI is InChI=1S/C21H19N3/c1-3-5-8-16(4-2)21-13-17(10-12-24-21)18-14-22-15-19(18)20-9-6-7-11-23-20/h3-15,22H,1H2,2H3/b8-5-,16-4+. The van der Waals surface area contributed by atoms with Crippen LogP contribution in [0.25, 0.3) is 28.0 Å². The third-order valence-corrected chi connectivity index (χ3v) is 3.78. The van der Waals surface area contributed by atoms with Gasteiger partial charge in [-0.15, -0.1) is 0 Å². The van der Waals surface area contributed by atoms with Gasteiger partial charge < -0.3 is 4.98 Å². The van der Waals surface area contributed by atoms with E-state index in [-0.39, 0.29) is 0 Å². The Morgan fingerprint density at radius 2 is 1.96 bits per heavy atom. The fraction of sp³-hybridized carbons (Fsp3) is 0.0476. The highest BCUT2D eigenvalue weighted by Gasteiger charge is 2.10. The molecule has 0 aliphatic heterocycles. The van der Waals surface area contributed by atoms with Crippen LogP contribution < -0.4 is 0 Å². The molecule has 0 saturated carbocycles. The van der Waals surface area contributed by atoms with Gasteiger partial charge in [-0.3, -0.25) is 9.97 Å². The molecule has 3 aromatic rings. The van der Waals surface area contributed by atoms with Crippen LogP contribution in [0.15, 0.2) is 86.0 Å². The number of pyridine rings is 2. The lowest BCUT2D eigenvalue weighted by Gasteiger charge is -2.07. The minimum Gasteiger partial charge on any atom is -0.366 e. The molecule has 0 fully saturated rings. The van der Waals surface area contributed by atoms with Crippen molar-refractivity contribution < 1.29 is 0 Å². The van der Waals surface area contributed by atoms with Gasteiger partial charge in [0.05, 0.1) is 11.4 Å². The smallest absolute Gasteiger partial charge is 0.0723 e. The zero-order chi connectivity index (χ0) is 16.8. The lowest BCUT2D eigenvalue weighted by atomic mass is 10.0. The van der Waals surface area contributed by atoms with Crippen molar-refractivity contribution in [2.75, 3.05) is 0 Å². The summed E-state index contributed by atoms with van der Waals surface area (Å²) in [5, 5.41) is 0. The van der Waals surface area contributed by atoms with Gasteiger partial charge in [-0.05, 0) is 42.3 Å². The quantitative estimate of drug-likeness (QED) is 0.651. The molecule has 0 aliphatic carbocycles. The summed E-state index contributed by atoms with van der Waals surface area (Å²) in [6.07, 6.45) is 15.4. The van der Waals surface area contributed by atoms with E-state index in [2.05, 4.69) is 27.6 Å². The summed E-state index contributed by atoms with van der Waals surface area (Å²) in [6.45, 7) is 5.73. The van der Waals surface area contributed by atoms with Gasteiger partial charge in [-0.25, -0.2) is 0 Å². The first kappa shape index (κ1) is 15.7. The Balaban J connectivity index is 2.04. The number of nitrogens with one attached hydrogen (secondary N) is 1. The number of allylic oxidation sites excluding steroid dienone is 5. The largest absolute Gasteiger partial charge is 0.366 e. The Morgan fingerprint density at radius 1 is 1.08 bits per heavy atom. The fourth-order valence-corrected chi connectivity index (χ4v) is 2.59. The van der Waals surface area contributed by atoms with Crippen molar-refractivity contribution in [3.63, 3.8) is 0 Å². The van der Waals surface area contributed by atoms with Gasteiger partial charge in [0.25, 0.3) is 0 Å². The van der Waals surface area contributed by atoms with Crippen LogP contribution >= 0.6 is 0 Å². The van der Waals surface area contributed by atoms with E-state index in [9.17, 15) is 0 Å². The molecule has 24 heavy (non-hydrogen) atoms.